The fourth-order valence-corrected chi connectivity index (χ4v) is 3.18. The van der Waals surface area contributed by atoms with Gasteiger partial charge >= 0.3 is 0 Å². The first-order valence-corrected chi connectivity index (χ1v) is 8.53. The molecule has 1 aromatic carbocycles. The van der Waals surface area contributed by atoms with Crippen LogP contribution in [0.5, 0.6) is 0 Å². The summed E-state index contributed by atoms with van der Waals surface area (Å²) in [5, 5.41) is 0. The summed E-state index contributed by atoms with van der Waals surface area (Å²) in [5.74, 6) is 0.628. The maximum absolute atomic E-state index is 12.2. The van der Waals surface area contributed by atoms with Crippen molar-refractivity contribution in [1.82, 2.24) is 4.31 Å². The Kier molecular flexibility index (Phi) is 6.63. The first-order chi connectivity index (χ1) is 8.48. The third-order valence-electron chi connectivity index (χ3n) is 2.63. The second-order valence-corrected chi connectivity index (χ2v) is 7.37. The van der Waals surface area contributed by atoms with Crippen molar-refractivity contribution in [1.29, 1.82) is 0 Å². The highest BCUT2D eigenvalue weighted by Crippen LogP contribution is 2.18. The molecule has 0 aromatic heterocycles. The van der Waals surface area contributed by atoms with Crippen LogP contribution >= 0.6 is 27.5 Å². The minimum absolute atomic E-state index is 0.325. The Morgan fingerprint density at radius 2 is 1.78 bits per heavy atom. The minimum Gasteiger partial charge on any atom is -0.207 e. The zero-order valence-electron chi connectivity index (χ0n) is 10.3. The van der Waals surface area contributed by atoms with Crippen LogP contribution in [0.2, 0.25) is 0 Å². The SMILES string of the molecule is CN(CCCCCCl)S(=O)(=O)c1ccc(Br)cc1. The van der Waals surface area contributed by atoms with Crippen LogP contribution < -0.4 is 0 Å². The smallest absolute Gasteiger partial charge is 0.207 e. The first-order valence-electron chi connectivity index (χ1n) is 5.76. The van der Waals surface area contributed by atoms with Crippen molar-refractivity contribution >= 4 is 37.6 Å². The van der Waals surface area contributed by atoms with Crippen molar-refractivity contribution in [2.24, 2.45) is 0 Å². The van der Waals surface area contributed by atoms with Crippen LogP contribution in [0, 0.1) is 0 Å². The summed E-state index contributed by atoms with van der Waals surface area (Å²) in [7, 11) is -1.75. The molecule has 0 saturated carbocycles. The van der Waals surface area contributed by atoms with E-state index in [1.807, 2.05) is 0 Å². The molecule has 102 valence electrons. The van der Waals surface area contributed by atoms with Crippen molar-refractivity contribution < 1.29 is 8.42 Å². The van der Waals surface area contributed by atoms with Crippen LogP contribution in [0.4, 0.5) is 0 Å². The molecule has 0 aliphatic heterocycles. The zero-order chi connectivity index (χ0) is 13.6. The Hall–Kier alpha value is -0.100. The second kappa shape index (κ2) is 7.48. The topological polar surface area (TPSA) is 37.4 Å². The Bertz CT molecular complexity index is 461. The maximum atomic E-state index is 12.2. The lowest BCUT2D eigenvalue weighted by atomic mass is 10.2. The van der Waals surface area contributed by atoms with E-state index in [0.29, 0.717) is 17.3 Å². The molecular weight excluding hydrogens is 338 g/mol. The van der Waals surface area contributed by atoms with E-state index in [1.165, 1.54) is 4.31 Å². The average Bonchev–Trinajstić information content (AvgIpc) is 2.35. The molecule has 0 aliphatic rings. The van der Waals surface area contributed by atoms with Gasteiger partial charge in [-0.1, -0.05) is 22.4 Å². The van der Waals surface area contributed by atoms with Crippen LogP contribution in [-0.2, 0) is 10.0 Å². The number of halogens is 2. The molecule has 0 unspecified atom stereocenters. The number of alkyl halides is 1. The molecule has 0 heterocycles. The van der Waals surface area contributed by atoms with E-state index in [4.69, 9.17) is 11.6 Å². The Morgan fingerprint density at radius 3 is 2.33 bits per heavy atom. The summed E-state index contributed by atoms with van der Waals surface area (Å²) in [4.78, 5) is 0.325. The van der Waals surface area contributed by atoms with Crippen LogP contribution in [-0.4, -0.2) is 32.2 Å². The second-order valence-electron chi connectivity index (χ2n) is 4.03. The standard InChI is InChI=1S/C12H17BrClNO2S/c1-15(10-4-2-3-9-14)18(16,17)12-7-5-11(13)6-8-12/h5-8H,2-4,9-10H2,1H3. The Balaban J connectivity index is 2.65. The van der Waals surface area contributed by atoms with Crippen molar-refractivity contribution in [2.75, 3.05) is 19.5 Å². The molecule has 6 heteroatoms. The first kappa shape index (κ1) is 16.0. The quantitative estimate of drug-likeness (QED) is 0.555. The van der Waals surface area contributed by atoms with E-state index in [0.717, 1.165) is 23.7 Å². The lowest BCUT2D eigenvalue weighted by molar-refractivity contribution is 0.454. The van der Waals surface area contributed by atoms with Crippen LogP contribution in [0.3, 0.4) is 0 Å². The highest BCUT2D eigenvalue weighted by molar-refractivity contribution is 9.10. The summed E-state index contributed by atoms with van der Waals surface area (Å²) in [5.41, 5.74) is 0. The molecule has 0 saturated heterocycles. The molecule has 0 aliphatic carbocycles. The third kappa shape index (κ3) is 4.53. The molecule has 0 radical (unpaired) electrons. The molecule has 0 spiro atoms. The van der Waals surface area contributed by atoms with Gasteiger partial charge in [-0.3, -0.25) is 0 Å². The molecule has 0 bridgehead atoms. The fourth-order valence-electron chi connectivity index (χ4n) is 1.51. The van der Waals surface area contributed by atoms with E-state index < -0.39 is 10.0 Å². The Morgan fingerprint density at radius 1 is 1.17 bits per heavy atom. The van der Waals surface area contributed by atoms with E-state index in [2.05, 4.69) is 15.9 Å². The van der Waals surface area contributed by atoms with Gasteiger partial charge < -0.3 is 0 Å². The number of benzene rings is 1. The van der Waals surface area contributed by atoms with Gasteiger partial charge in [0.05, 0.1) is 4.90 Å². The lowest BCUT2D eigenvalue weighted by Crippen LogP contribution is -2.27. The van der Waals surface area contributed by atoms with Gasteiger partial charge in [0.25, 0.3) is 0 Å². The molecule has 1 rings (SSSR count). The summed E-state index contributed by atoms with van der Waals surface area (Å²) in [6.07, 6.45) is 2.70. The Labute approximate surface area is 122 Å². The summed E-state index contributed by atoms with van der Waals surface area (Å²) >= 11 is 8.87. The largest absolute Gasteiger partial charge is 0.242 e. The zero-order valence-corrected chi connectivity index (χ0v) is 13.4. The number of sulfonamides is 1. The van der Waals surface area contributed by atoms with Crippen molar-refractivity contribution in [3.8, 4) is 0 Å². The highest BCUT2D eigenvalue weighted by Gasteiger charge is 2.19. The van der Waals surface area contributed by atoms with E-state index in [1.54, 1.807) is 31.3 Å². The van der Waals surface area contributed by atoms with Crippen molar-refractivity contribution in [2.45, 2.75) is 24.2 Å². The third-order valence-corrected chi connectivity index (χ3v) is 5.30. The van der Waals surface area contributed by atoms with E-state index in [-0.39, 0.29) is 0 Å². The van der Waals surface area contributed by atoms with Crippen LogP contribution in [0.15, 0.2) is 33.6 Å². The van der Waals surface area contributed by atoms with Crippen LogP contribution in [0.25, 0.3) is 0 Å². The molecule has 0 atom stereocenters. The van der Waals surface area contributed by atoms with E-state index >= 15 is 0 Å². The molecule has 18 heavy (non-hydrogen) atoms. The molecule has 0 amide bonds. The monoisotopic (exact) mass is 353 g/mol. The number of hydrogen-bond donors (Lipinski definition) is 0. The van der Waals surface area contributed by atoms with Gasteiger partial charge in [-0.15, -0.1) is 11.6 Å². The molecule has 0 fully saturated rings. The minimum atomic E-state index is -3.36. The van der Waals surface area contributed by atoms with Gasteiger partial charge in [-0.2, -0.15) is 0 Å². The van der Waals surface area contributed by atoms with Crippen molar-refractivity contribution in [3.05, 3.63) is 28.7 Å². The van der Waals surface area contributed by atoms with Gasteiger partial charge in [-0.25, -0.2) is 12.7 Å². The predicted octanol–water partition coefficient (Wildman–Crippen LogP) is 3.48. The molecule has 0 N–H and O–H groups in total. The van der Waals surface area contributed by atoms with Crippen molar-refractivity contribution in [3.63, 3.8) is 0 Å². The predicted molar refractivity (Wildman–Crippen MR) is 78.5 cm³/mol. The highest BCUT2D eigenvalue weighted by atomic mass is 79.9. The van der Waals surface area contributed by atoms with Crippen LogP contribution in [0.1, 0.15) is 19.3 Å². The molecule has 3 nitrogen and oxygen atoms in total. The summed E-state index contributed by atoms with van der Waals surface area (Å²) in [6.45, 7) is 0.523. The lowest BCUT2D eigenvalue weighted by Gasteiger charge is -2.17. The summed E-state index contributed by atoms with van der Waals surface area (Å²) < 4.78 is 26.6. The van der Waals surface area contributed by atoms with E-state index in [9.17, 15) is 8.42 Å². The van der Waals surface area contributed by atoms with Gasteiger partial charge in [0.15, 0.2) is 0 Å². The van der Waals surface area contributed by atoms with Gasteiger partial charge in [0.1, 0.15) is 0 Å². The van der Waals surface area contributed by atoms with Gasteiger partial charge in [0.2, 0.25) is 10.0 Å². The average molecular weight is 355 g/mol. The summed E-state index contributed by atoms with van der Waals surface area (Å²) in [6, 6.07) is 6.67. The number of nitrogens with zero attached hydrogens (tertiary/aromatic N) is 1. The van der Waals surface area contributed by atoms with Gasteiger partial charge in [0, 0.05) is 23.9 Å². The number of rotatable bonds is 7. The van der Waals surface area contributed by atoms with Gasteiger partial charge in [-0.05, 0) is 37.1 Å². The molecular formula is C12H17BrClNO2S. The fraction of sp³-hybridized carbons (Fsp3) is 0.500. The normalized spacial score (nSPS) is 12.0. The maximum Gasteiger partial charge on any atom is 0.242 e. The number of unbranched alkanes of at least 4 members (excludes halogenated alkanes) is 2. The molecule has 1 aromatic rings. The number of hydrogen-bond acceptors (Lipinski definition) is 2.